The van der Waals surface area contributed by atoms with Crippen LogP contribution in [0.3, 0.4) is 0 Å². The zero-order valence-corrected chi connectivity index (χ0v) is 12.7. The van der Waals surface area contributed by atoms with Gasteiger partial charge >= 0.3 is 0 Å². The van der Waals surface area contributed by atoms with E-state index in [1.807, 2.05) is 13.0 Å². The molecule has 0 aliphatic rings. The summed E-state index contributed by atoms with van der Waals surface area (Å²) in [4.78, 5) is 2.99. The number of rotatable bonds is 4. The van der Waals surface area contributed by atoms with Crippen molar-refractivity contribution in [1.29, 1.82) is 0 Å². The molecule has 2 rings (SSSR count). The lowest BCUT2D eigenvalue weighted by Crippen LogP contribution is -2.12. The molecule has 5 nitrogen and oxygen atoms in total. The van der Waals surface area contributed by atoms with Gasteiger partial charge < -0.3 is 10.7 Å². The summed E-state index contributed by atoms with van der Waals surface area (Å²) in [6.45, 7) is 2.16. The summed E-state index contributed by atoms with van der Waals surface area (Å²) in [5, 5.41) is 0. The minimum atomic E-state index is -3.59. The van der Waals surface area contributed by atoms with Crippen molar-refractivity contribution in [2.45, 2.75) is 18.4 Å². The number of aromatic amines is 1. The predicted octanol–water partition coefficient (Wildman–Crippen LogP) is 2.35. The second-order valence-electron chi connectivity index (χ2n) is 4.19. The van der Waals surface area contributed by atoms with Crippen molar-refractivity contribution in [1.82, 2.24) is 4.98 Å². The quantitative estimate of drug-likeness (QED) is 0.796. The van der Waals surface area contributed by atoms with Crippen LogP contribution in [0, 0.1) is 6.92 Å². The fraction of sp³-hybridized carbons (Fsp3) is 0.167. The summed E-state index contributed by atoms with van der Waals surface area (Å²) in [5.74, 6) is 0. The first-order chi connectivity index (χ1) is 8.90. The van der Waals surface area contributed by atoms with Crippen LogP contribution in [0.2, 0.25) is 0 Å². The van der Waals surface area contributed by atoms with Gasteiger partial charge in [0.25, 0.3) is 10.0 Å². The van der Waals surface area contributed by atoms with E-state index in [2.05, 4.69) is 25.6 Å². The third-order valence-corrected chi connectivity index (χ3v) is 4.36. The molecule has 0 saturated heterocycles. The number of benzene rings is 1. The van der Waals surface area contributed by atoms with Crippen LogP contribution < -0.4 is 10.5 Å². The first-order valence-electron chi connectivity index (χ1n) is 5.58. The smallest absolute Gasteiger partial charge is 0.263 e. The SMILES string of the molecule is Cc1cc(Br)cc(NS(=O)(=O)c2c[nH]c(CN)c2)c1. The molecule has 0 aliphatic heterocycles. The summed E-state index contributed by atoms with van der Waals surface area (Å²) in [6.07, 6.45) is 1.43. The number of nitrogens with one attached hydrogen (secondary N) is 2. The number of hydrogen-bond donors (Lipinski definition) is 3. The standard InChI is InChI=1S/C12H14BrN3O2S/c1-8-2-9(13)4-10(3-8)16-19(17,18)12-5-11(6-14)15-7-12/h2-5,7,15-16H,6,14H2,1H3. The van der Waals surface area contributed by atoms with E-state index in [1.165, 1.54) is 12.3 Å². The Morgan fingerprint density at radius 2 is 2.05 bits per heavy atom. The van der Waals surface area contributed by atoms with E-state index < -0.39 is 10.0 Å². The van der Waals surface area contributed by atoms with Gasteiger partial charge in [0.15, 0.2) is 0 Å². The van der Waals surface area contributed by atoms with Crippen molar-refractivity contribution >= 4 is 31.6 Å². The lowest BCUT2D eigenvalue weighted by Gasteiger charge is -2.08. The molecule has 1 aromatic heterocycles. The maximum atomic E-state index is 12.2. The average molecular weight is 344 g/mol. The Balaban J connectivity index is 2.30. The van der Waals surface area contributed by atoms with E-state index in [4.69, 9.17) is 5.73 Å². The molecule has 1 heterocycles. The lowest BCUT2D eigenvalue weighted by molar-refractivity contribution is 0.601. The van der Waals surface area contributed by atoms with E-state index in [0.717, 1.165) is 10.0 Å². The largest absolute Gasteiger partial charge is 0.363 e. The van der Waals surface area contributed by atoms with Crippen LogP contribution in [-0.4, -0.2) is 13.4 Å². The van der Waals surface area contributed by atoms with Crippen LogP contribution in [0.4, 0.5) is 5.69 Å². The number of aromatic nitrogens is 1. The summed E-state index contributed by atoms with van der Waals surface area (Å²) in [6, 6.07) is 6.90. The molecule has 7 heteroatoms. The molecule has 0 unspecified atom stereocenters. The van der Waals surface area contributed by atoms with Gasteiger partial charge in [-0.1, -0.05) is 15.9 Å². The van der Waals surface area contributed by atoms with Gasteiger partial charge in [-0.3, -0.25) is 4.72 Å². The van der Waals surface area contributed by atoms with Crippen molar-refractivity contribution in [2.75, 3.05) is 4.72 Å². The highest BCUT2D eigenvalue weighted by Gasteiger charge is 2.16. The van der Waals surface area contributed by atoms with E-state index in [-0.39, 0.29) is 11.4 Å². The summed E-state index contributed by atoms with van der Waals surface area (Å²) in [5.41, 5.74) is 7.60. The topological polar surface area (TPSA) is 88.0 Å². The van der Waals surface area contributed by atoms with Gasteiger partial charge in [-0.05, 0) is 36.8 Å². The molecule has 2 aromatic rings. The van der Waals surface area contributed by atoms with Crippen molar-refractivity contribution in [3.8, 4) is 0 Å². The highest BCUT2D eigenvalue weighted by atomic mass is 79.9. The van der Waals surface area contributed by atoms with Crippen molar-refractivity contribution < 1.29 is 8.42 Å². The normalized spacial score (nSPS) is 11.5. The number of H-pyrrole nitrogens is 1. The molecule has 0 radical (unpaired) electrons. The van der Waals surface area contributed by atoms with Crippen LogP contribution in [0.5, 0.6) is 0 Å². The molecule has 0 saturated carbocycles. The minimum absolute atomic E-state index is 0.172. The number of aryl methyl sites for hydroxylation is 1. The number of halogens is 1. The molecule has 0 aliphatic carbocycles. The van der Waals surface area contributed by atoms with Crippen LogP contribution in [0.15, 0.2) is 39.8 Å². The maximum absolute atomic E-state index is 12.2. The van der Waals surface area contributed by atoms with Gasteiger partial charge in [-0.15, -0.1) is 0 Å². The molecular formula is C12H14BrN3O2S. The lowest BCUT2D eigenvalue weighted by atomic mass is 10.2. The molecular weight excluding hydrogens is 330 g/mol. The van der Waals surface area contributed by atoms with Crippen LogP contribution in [0.1, 0.15) is 11.3 Å². The fourth-order valence-corrected chi connectivity index (χ4v) is 3.37. The Hall–Kier alpha value is -1.31. The van der Waals surface area contributed by atoms with Gasteiger partial charge in [-0.2, -0.15) is 0 Å². The third kappa shape index (κ3) is 3.37. The van der Waals surface area contributed by atoms with Crippen LogP contribution >= 0.6 is 15.9 Å². The Bertz CT molecular complexity index is 675. The van der Waals surface area contributed by atoms with Crippen molar-refractivity contribution in [2.24, 2.45) is 5.73 Å². The molecule has 0 amide bonds. The Morgan fingerprint density at radius 3 is 2.63 bits per heavy atom. The molecule has 1 aromatic carbocycles. The van der Waals surface area contributed by atoms with E-state index in [9.17, 15) is 8.42 Å². The van der Waals surface area contributed by atoms with Gasteiger partial charge in [0.05, 0.1) is 5.69 Å². The highest BCUT2D eigenvalue weighted by molar-refractivity contribution is 9.10. The Kier molecular flexibility index (Phi) is 3.98. The Labute approximate surface area is 120 Å². The van der Waals surface area contributed by atoms with Crippen LogP contribution in [0.25, 0.3) is 0 Å². The van der Waals surface area contributed by atoms with Crippen molar-refractivity contribution in [3.63, 3.8) is 0 Å². The first kappa shape index (κ1) is 14.1. The fourth-order valence-electron chi connectivity index (χ4n) is 1.70. The Morgan fingerprint density at radius 1 is 1.32 bits per heavy atom. The zero-order chi connectivity index (χ0) is 14.0. The predicted molar refractivity (Wildman–Crippen MR) is 78.4 cm³/mol. The zero-order valence-electron chi connectivity index (χ0n) is 10.3. The van der Waals surface area contributed by atoms with Gasteiger partial charge in [0.2, 0.25) is 0 Å². The third-order valence-electron chi connectivity index (χ3n) is 2.54. The van der Waals surface area contributed by atoms with Gasteiger partial charge in [-0.25, -0.2) is 8.42 Å². The molecule has 0 fully saturated rings. The second-order valence-corrected chi connectivity index (χ2v) is 6.79. The van der Waals surface area contributed by atoms with Gasteiger partial charge in [0, 0.05) is 22.9 Å². The molecule has 0 bridgehead atoms. The molecule has 19 heavy (non-hydrogen) atoms. The highest BCUT2D eigenvalue weighted by Crippen LogP contribution is 2.22. The number of hydrogen-bond acceptors (Lipinski definition) is 3. The average Bonchev–Trinajstić information content (AvgIpc) is 2.75. The van der Waals surface area contributed by atoms with Crippen molar-refractivity contribution in [3.05, 3.63) is 46.2 Å². The van der Waals surface area contributed by atoms with E-state index in [0.29, 0.717) is 11.4 Å². The molecule has 102 valence electrons. The van der Waals surface area contributed by atoms with Crippen LogP contribution in [-0.2, 0) is 16.6 Å². The number of nitrogens with two attached hydrogens (primary N) is 1. The number of anilines is 1. The minimum Gasteiger partial charge on any atom is -0.363 e. The summed E-state index contributed by atoms with van der Waals surface area (Å²) < 4.78 is 27.7. The monoisotopic (exact) mass is 343 g/mol. The summed E-state index contributed by atoms with van der Waals surface area (Å²) >= 11 is 3.33. The molecule has 0 spiro atoms. The number of sulfonamides is 1. The van der Waals surface area contributed by atoms with E-state index in [1.54, 1.807) is 12.1 Å². The molecule has 0 atom stereocenters. The summed E-state index contributed by atoms with van der Waals surface area (Å²) in [7, 11) is -3.59. The van der Waals surface area contributed by atoms with Gasteiger partial charge in [0.1, 0.15) is 4.90 Å². The molecule has 4 N–H and O–H groups in total. The maximum Gasteiger partial charge on any atom is 0.263 e. The van der Waals surface area contributed by atoms with E-state index >= 15 is 0 Å². The first-order valence-corrected chi connectivity index (χ1v) is 7.86. The second kappa shape index (κ2) is 5.36.